The van der Waals surface area contributed by atoms with Crippen LogP contribution in [-0.2, 0) is 9.53 Å². The van der Waals surface area contributed by atoms with Crippen LogP contribution in [0.1, 0.15) is 29.2 Å². The number of ether oxygens (including phenoxy) is 1. The molecule has 0 radical (unpaired) electrons. The molecule has 0 saturated carbocycles. The fourth-order valence-corrected chi connectivity index (χ4v) is 2.44. The van der Waals surface area contributed by atoms with Gasteiger partial charge in [0.15, 0.2) is 0 Å². The maximum Gasteiger partial charge on any atom is 0.331 e. The van der Waals surface area contributed by atoms with Gasteiger partial charge in [-0.15, -0.1) is 0 Å². The van der Waals surface area contributed by atoms with E-state index in [0.29, 0.717) is 0 Å². The van der Waals surface area contributed by atoms with Crippen molar-refractivity contribution < 1.29 is 9.53 Å². The van der Waals surface area contributed by atoms with Crippen LogP contribution in [-0.4, -0.2) is 5.97 Å². The van der Waals surface area contributed by atoms with Crippen LogP contribution < -0.4 is 0 Å². The SMILES string of the molecule is Cc1ccc(C2CC(c3ccccc3)=CC(=O)O2)cc1. The molecule has 1 aliphatic rings. The normalized spacial score (nSPS) is 18.4. The van der Waals surface area contributed by atoms with Crippen molar-refractivity contribution in [2.45, 2.75) is 19.4 Å². The van der Waals surface area contributed by atoms with E-state index in [1.54, 1.807) is 6.08 Å². The van der Waals surface area contributed by atoms with Crippen molar-refractivity contribution in [3.05, 3.63) is 77.4 Å². The third kappa shape index (κ3) is 2.64. The minimum absolute atomic E-state index is 0.191. The van der Waals surface area contributed by atoms with E-state index in [0.717, 1.165) is 23.1 Å². The molecule has 3 rings (SSSR count). The maximum absolute atomic E-state index is 11.8. The Hall–Kier alpha value is -2.35. The largest absolute Gasteiger partial charge is 0.454 e. The topological polar surface area (TPSA) is 26.3 Å². The van der Waals surface area contributed by atoms with Gasteiger partial charge in [0.1, 0.15) is 6.10 Å². The van der Waals surface area contributed by atoms with Crippen molar-refractivity contribution in [2.24, 2.45) is 0 Å². The van der Waals surface area contributed by atoms with E-state index in [1.807, 2.05) is 61.5 Å². The number of hydrogen-bond acceptors (Lipinski definition) is 2. The van der Waals surface area contributed by atoms with Gasteiger partial charge in [-0.2, -0.15) is 0 Å². The summed E-state index contributed by atoms with van der Waals surface area (Å²) < 4.78 is 5.45. The van der Waals surface area contributed by atoms with Crippen LogP contribution >= 0.6 is 0 Å². The molecule has 1 aliphatic heterocycles. The molecule has 1 heterocycles. The van der Waals surface area contributed by atoms with Crippen LogP contribution in [0.5, 0.6) is 0 Å². The standard InChI is InChI=1S/C18H16O2/c1-13-7-9-15(10-8-13)17-11-16(12-18(19)20-17)14-5-3-2-4-6-14/h2-10,12,17H,11H2,1H3. The average Bonchev–Trinajstić information content (AvgIpc) is 2.48. The van der Waals surface area contributed by atoms with Crippen LogP contribution in [0.4, 0.5) is 0 Å². The summed E-state index contributed by atoms with van der Waals surface area (Å²) in [5.41, 5.74) is 4.37. The summed E-state index contributed by atoms with van der Waals surface area (Å²) in [5.74, 6) is -0.263. The molecule has 0 N–H and O–H groups in total. The number of cyclic esters (lactones) is 1. The Morgan fingerprint density at radius 3 is 2.40 bits per heavy atom. The first-order valence-corrected chi connectivity index (χ1v) is 6.75. The molecule has 0 bridgehead atoms. The molecule has 20 heavy (non-hydrogen) atoms. The van der Waals surface area contributed by atoms with Crippen LogP contribution in [0.25, 0.3) is 5.57 Å². The Labute approximate surface area is 118 Å². The predicted octanol–water partition coefficient (Wildman–Crippen LogP) is 4.07. The first-order valence-electron chi connectivity index (χ1n) is 6.75. The highest BCUT2D eigenvalue weighted by atomic mass is 16.5. The van der Waals surface area contributed by atoms with Crippen LogP contribution in [0.15, 0.2) is 60.7 Å². The third-order valence-corrected chi connectivity index (χ3v) is 3.55. The van der Waals surface area contributed by atoms with E-state index in [2.05, 4.69) is 0 Å². The summed E-state index contributed by atoms with van der Waals surface area (Å²) in [6.45, 7) is 2.05. The van der Waals surface area contributed by atoms with Gasteiger partial charge in [0.2, 0.25) is 0 Å². The summed E-state index contributed by atoms with van der Waals surface area (Å²) in [4.78, 5) is 11.8. The van der Waals surface area contributed by atoms with Crippen LogP contribution in [0.2, 0.25) is 0 Å². The van der Waals surface area contributed by atoms with Gasteiger partial charge in [0, 0.05) is 12.5 Å². The highest BCUT2D eigenvalue weighted by molar-refractivity contribution is 5.93. The fourth-order valence-electron chi connectivity index (χ4n) is 2.44. The molecule has 2 nitrogen and oxygen atoms in total. The van der Waals surface area contributed by atoms with E-state index in [4.69, 9.17) is 4.74 Å². The molecular weight excluding hydrogens is 248 g/mol. The van der Waals surface area contributed by atoms with Gasteiger partial charge in [-0.1, -0.05) is 60.2 Å². The van der Waals surface area contributed by atoms with E-state index < -0.39 is 0 Å². The molecule has 2 heteroatoms. The van der Waals surface area contributed by atoms with Crippen molar-refractivity contribution in [1.29, 1.82) is 0 Å². The molecule has 100 valence electrons. The number of carbonyl (C=O) groups excluding carboxylic acids is 1. The Balaban J connectivity index is 1.89. The van der Waals surface area contributed by atoms with E-state index in [-0.39, 0.29) is 12.1 Å². The van der Waals surface area contributed by atoms with Gasteiger partial charge in [0.25, 0.3) is 0 Å². The first-order chi connectivity index (χ1) is 9.72. The molecule has 0 aliphatic carbocycles. The van der Waals surface area contributed by atoms with Crippen molar-refractivity contribution in [1.82, 2.24) is 0 Å². The summed E-state index contributed by atoms with van der Waals surface area (Å²) in [5, 5.41) is 0. The molecule has 0 aromatic heterocycles. The van der Waals surface area contributed by atoms with Crippen molar-refractivity contribution in [2.75, 3.05) is 0 Å². The summed E-state index contributed by atoms with van der Waals surface area (Å²) in [7, 11) is 0. The Bertz CT molecular complexity index is 639. The summed E-state index contributed by atoms with van der Waals surface area (Å²) in [6.07, 6.45) is 2.13. The van der Waals surface area contributed by atoms with Gasteiger partial charge in [-0.05, 0) is 23.6 Å². The number of rotatable bonds is 2. The monoisotopic (exact) mass is 264 g/mol. The smallest absolute Gasteiger partial charge is 0.331 e. The van der Waals surface area contributed by atoms with Gasteiger partial charge in [-0.3, -0.25) is 0 Å². The molecule has 0 spiro atoms. The van der Waals surface area contributed by atoms with Crippen molar-refractivity contribution in [3.63, 3.8) is 0 Å². The second-order valence-electron chi connectivity index (χ2n) is 5.08. The van der Waals surface area contributed by atoms with E-state index >= 15 is 0 Å². The zero-order valence-corrected chi connectivity index (χ0v) is 11.4. The number of benzene rings is 2. The summed E-state index contributed by atoms with van der Waals surface area (Å²) in [6, 6.07) is 18.1. The molecule has 0 saturated heterocycles. The Morgan fingerprint density at radius 1 is 1.00 bits per heavy atom. The molecule has 1 atom stereocenters. The van der Waals surface area contributed by atoms with Gasteiger partial charge >= 0.3 is 5.97 Å². The Morgan fingerprint density at radius 2 is 1.70 bits per heavy atom. The third-order valence-electron chi connectivity index (χ3n) is 3.55. The predicted molar refractivity (Wildman–Crippen MR) is 79.0 cm³/mol. The second kappa shape index (κ2) is 5.33. The zero-order chi connectivity index (χ0) is 13.9. The van der Waals surface area contributed by atoms with Crippen molar-refractivity contribution >= 4 is 11.5 Å². The molecule has 2 aromatic carbocycles. The summed E-state index contributed by atoms with van der Waals surface area (Å²) >= 11 is 0. The van der Waals surface area contributed by atoms with Crippen LogP contribution in [0.3, 0.4) is 0 Å². The Kier molecular flexibility index (Phi) is 3.38. The van der Waals surface area contributed by atoms with Crippen LogP contribution in [0, 0.1) is 6.92 Å². The molecule has 0 fully saturated rings. The lowest BCUT2D eigenvalue weighted by Gasteiger charge is -2.23. The lowest BCUT2D eigenvalue weighted by molar-refractivity contribution is -0.144. The molecule has 1 unspecified atom stereocenters. The number of aryl methyl sites for hydroxylation is 1. The minimum atomic E-state index is -0.263. The second-order valence-corrected chi connectivity index (χ2v) is 5.08. The maximum atomic E-state index is 11.8. The number of carbonyl (C=O) groups is 1. The number of esters is 1. The lowest BCUT2D eigenvalue weighted by Crippen LogP contribution is -2.15. The molecule has 2 aromatic rings. The van der Waals surface area contributed by atoms with Gasteiger partial charge < -0.3 is 4.74 Å². The first kappa shape index (κ1) is 12.7. The zero-order valence-electron chi connectivity index (χ0n) is 11.4. The van der Waals surface area contributed by atoms with E-state index in [9.17, 15) is 4.79 Å². The molecular formula is C18H16O2. The quantitative estimate of drug-likeness (QED) is 0.764. The van der Waals surface area contributed by atoms with Gasteiger partial charge in [0.05, 0.1) is 0 Å². The van der Waals surface area contributed by atoms with Crippen molar-refractivity contribution in [3.8, 4) is 0 Å². The highest BCUT2D eigenvalue weighted by Crippen LogP contribution is 2.34. The van der Waals surface area contributed by atoms with Gasteiger partial charge in [-0.25, -0.2) is 4.79 Å². The fraction of sp³-hybridized carbons (Fsp3) is 0.167. The average molecular weight is 264 g/mol. The number of hydrogen-bond donors (Lipinski definition) is 0. The lowest BCUT2D eigenvalue weighted by atomic mass is 9.94. The van der Waals surface area contributed by atoms with E-state index in [1.165, 1.54) is 5.56 Å². The minimum Gasteiger partial charge on any atom is -0.454 e. The highest BCUT2D eigenvalue weighted by Gasteiger charge is 2.23. The molecule has 0 amide bonds.